The Hall–Kier alpha value is -2.35. The van der Waals surface area contributed by atoms with Crippen LogP contribution in [0.3, 0.4) is 0 Å². The van der Waals surface area contributed by atoms with Gasteiger partial charge in [-0.1, -0.05) is 13.8 Å². The lowest BCUT2D eigenvalue weighted by molar-refractivity contribution is 0.0475. The molecular weight excluding hydrogens is 364 g/mol. The Morgan fingerprint density at radius 2 is 1.86 bits per heavy atom. The van der Waals surface area contributed by atoms with Gasteiger partial charge in [-0.2, -0.15) is 0 Å². The van der Waals surface area contributed by atoms with Gasteiger partial charge in [0.1, 0.15) is 5.60 Å². The van der Waals surface area contributed by atoms with Gasteiger partial charge in [0, 0.05) is 31.9 Å². The number of carbonyl (C=O) groups is 2. The summed E-state index contributed by atoms with van der Waals surface area (Å²) < 4.78 is 21.1. The number of aromatic nitrogens is 1. The monoisotopic (exact) mass is 396 g/mol. The van der Waals surface area contributed by atoms with Crippen LogP contribution in [0.1, 0.15) is 51.4 Å². The maximum absolute atomic E-state index is 13.0. The fraction of sp³-hybridized carbons (Fsp3) is 0.650. The summed E-state index contributed by atoms with van der Waals surface area (Å²) in [5, 5.41) is 2.65. The molecule has 1 aromatic rings. The predicted molar refractivity (Wildman–Crippen MR) is 105 cm³/mol. The van der Waals surface area contributed by atoms with Gasteiger partial charge in [0.25, 0.3) is 5.88 Å². The van der Waals surface area contributed by atoms with Crippen LogP contribution in [-0.4, -0.2) is 55.9 Å². The molecule has 28 heavy (non-hydrogen) atoms. The minimum atomic E-state index is -0.758. The highest BCUT2D eigenvalue weighted by Gasteiger charge is 2.28. The van der Waals surface area contributed by atoms with E-state index in [4.69, 9.17) is 18.9 Å². The average Bonchev–Trinajstić information content (AvgIpc) is 2.61. The Morgan fingerprint density at radius 1 is 1.18 bits per heavy atom. The molecule has 8 heteroatoms. The molecular formula is C20H32N2O6. The van der Waals surface area contributed by atoms with Crippen LogP contribution in [0.4, 0.5) is 4.79 Å². The molecule has 1 aromatic heterocycles. The number of nitrogens with zero attached hydrogens (tertiary/aromatic N) is 1. The first-order valence-electron chi connectivity index (χ1n) is 9.28. The second-order valence-corrected chi connectivity index (χ2v) is 7.66. The van der Waals surface area contributed by atoms with E-state index in [2.05, 4.69) is 10.3 Å². The number of rotatable bonds is 10. The van der Waals surface area contributed by atoms with Gasteiger partial charge >= 0.3 is 6.09 Å². The molecule has 8 nitrogen and oxygen atoms in total. The highest BCUT2D eigenvalue weighted by Crippen LogP contribution is 2.26. The number of carbonyl (C=O) groups excluding carboxylic acids is 2. The molecule has 0 spiro atoms. The molecule has 0 radical (unpaired) electrons. The van der Waals surface area contributed by atoms with Crippen LogP contribution in [0, 0.1) is 5.92 Å². The number of hydrogen-bond acceptors (Lipinski definition) is 7. The maximum atomic E-state index is 13.0. The highest BCUT2D eigenvalue weighted by atomic mass is 16.6. The maximum Gasteiger partial charge on any atom is 0.408 e. The second kappa shape index (κ2) is 10.8. The van der Waals surface area contributed by atoms with Gasteiger partial charge in [-0.15, -0.1) is 0 Å². The molecule has 0 bridgehead atoms. The zero-order valence-electron chi connectivity index (χ0n) is 17.8. The number of nitrogens with one attached hydrogen (secondary N) is 1. The van der Waals surface area contributed by atoms with Gasteiger partial charge < -0.3 is 24.3 Å². The van der Waals surface area contributed by atoms with E-state index in [0.717, 1.165) is 0 Å². The molecule has 0 aromatic carbocycles. The van der Waals surface area contributed by atoms with Crippen LogP contribution in [0.15, 0.2) is 12.3 Å². The Kier molecular flexibility index (Phi) is 9.18. The zero-order chi connectivity index (χ0) is 21.3. The van der Waals surface area contributed by atoms with Crippen molar-refractivity contribution >= 4 is 11.9 Å². The SMILES string of the molecule is COCCCOc1cc(C(=O)[C@H](NC(=O)OC(C)(C)C)C(C)C)cnc1OC. The lowest BCUT2D eigenvalue weighted by Crippen LogP contribution is -2.46. The van der Waals surface area contributed by atoms with E-state index in [1.807, 2.05) is 13.8 Å². The average molecular weight is 396 g/mol. The van der Waals surface area contributed by atoms with E-state index < -0.39 is 17.7 Å². The summed E-state index contributed by atoms with van der Waals surface area (Å²) in [4.78, 5) is 29.3. The summed E-state index contributed by atoms with van der Waals surface area (Å²) in [6, 6.07) is 0.819. The van der Waals surface area contributed by atoms with Crippen LogP contribution >= 0.6 is 0 Å². The van der Waals surface area contributed by atoms with Crippen molar-refractivity contribution in [1.29, 1.82) is 0 Å². The van der Waals surface area contributed by atoms with Crippen LogP contribution in [-0.2, 0) is 9.47 Å². The minimum Gasteiger partial charge on any atom is -0.488 e. The van der Waals surface area contributed by atoms with E-state index in [1.54, 1.807) is 33.9 Å². The van der Waals surface area contributed by atoms with Gasteiger partial charge in [0.2, 0.25) is 0 Å². The molecule has 1 N–H and O–H groups in total. The van der Waals surface area contributed by atoms with E-state index in [1.165, 1.54) is 13.3 Å². The lowest BCUT2D eigenvalue weighted by atomic mass is 9.96. The molecule has 1 atom stereocenters. The third-order valence-electron chi connectivity index (χ3n) is 3.67. The van der Waals surface area contributed by atoms with Crippen molar-refractivity contribution in [3.8, 4) is 11.6 Å². The predicted octanol–water partition coefficient (Wildman–Crippen LogP) is 3.24. The molecule has 1 rings (SSSR count). The van der Waals surface area contributed by atoms with Crippen LogP contribution < -0.4 is 14.8 Å². The first-order valence-corrected chi connectivity index (χ1v) is 9.28. The summed E-state index contributed by atoms with van der Waals surface area (Å²) in [6.45, 7) is 9.94. The number of ketones is 1. The number of ether oxygens (including phenoxy) is 4. The standard InChI is InChI=1S/C20H32N2O6/c1-13(2)16(22-19(24)28-20(3,4)5)17(23)14-11-15(18(26-7)21-12-14)27-10-8-9-25-6/h11-13,16H,8-10H2,1-7H3,(H,22,24)/t16-/m1/s1. The van der Waals surface area contributed by atoms with Crippen molar-refractivity contribution in [2.45, 2.75) is 52.7 Å². The van der Waals surface area contributed by atoms with Crippen molar-refractivity contribution in [1.82, 2.24) is 10.3 Å². The Balaban J connectivity index is 2.97. The molecule has 158 valence electrons. The first-order chi connectivity index (χ1) is 13.1. The number of amides is 1. The molecule has 0 aliphatic rings. The second-order valence-electron chi connectivity index (χ2n) is 7.66. The van der Waals surface area contributed by atoms with Crippen molar-refractivity contribution < 1.29 is 28.5 Å². The van der Waals surface area contributed by atoms with Crippen molar-refractivity contribution in [2.75, 3.05) is 27.4 Å². The fourth-order valence-electron chi connectivity index (χ4n) is 2.36. The van der Waals surface area contributed by atoms with Gasteiger partial charge in [-0.25, -0.2) is 9.78 Å². The van der Waals surface area contributed by atoms with Crippen LogP contribution in [0.2, 0.25) is 0 Å². The summed E-state index contributed by atoms with van der Waals surface area (Å²) in [5.74, 6) is 0.227. The molecule has 0 unspecified atom stereocenters. The smallest absolute Gasteiger partial charge is 0.408 e. The number of methoxy groups -OCH3 is 2. The largest absolute Gasteiger partial charge is 0.488 e. The molecule has 0 aliphatic carbocycles. The molecule has 1 heterocycles. The van der Waals surface area contributed by atoms with E-state index in [0.29, 0.717) is 30.9 Å². The van der Waals surface area contributed by atoms with Crippen molar-refractivity contribution in [3.63, 3.8) is 0 Å². The molecule has 1 amide bonds. The highest BCUT2D eigenvalue weighted by molar-refractivity contribution is 6.01. The third kappa shape index (κ3) is 7.72. The Bertz CT molecular complexity index is 655. The third-order valence-corrected chi connectivity index (χ3v) is 3.67. The van der Waals surface area contributed by atoms with Gasteiger partial charge in [0.05, 0.1) is 19.8 Å². The van der Waals surface area contributed by atoms with Crippen LogP contribution in [0.25, 0.3) is 0 Å². The quantitative estimate of drug-likeness (QED) is 0.479. The van der Waals surface area contributed by atoms with Crippen molar-refractivity contribution in [3.05, 3.63) is 17.8 Å². The molecule has 0 aliphatic heterocycles. The van der Waals surface area contributed by atoms with Gasteiger partial charge in [0.15, 0.2) is 11.5 Å². The van der Waals surface area contributed by atoms with E-state index in [9.17, 15) is 9.59 Å². The first kappa shape index (κ1) is 23.7. The van der Waals surface area contributed by atoms with E-state index >= 15 is 0 Å². The molecule has 0 fully saturated rings. The molecule has 0 saturated heterocycles. The zero-order valence-corrected chi connectivity index (χ0v) is 17.8. The summed E-state index contributed by atoms with van der Waals surface area (Å²) in [5.41, 5.74) is -0.336. The summed E-state index contributed by atoms with van der Waals surface area (Å²) in [6.07, 6.45) is 1.46. The van der Waals surface area contributed by atoms with Crippen molar-refractivity contribution in [2.24, 2.45) is 5.92 Å². The van der Waals surface area contributed by atoms with Crippen LogP contribution in [0.5, 0.6) is 11.6 Å². The minimum absolute atomic E-state index is 0.145. The van der Waals surface area contributed by atoms with E-state index in [-0.39, 0.29) is 17.6 Å². The summed E-state index contributed by atoms with van der Waals surface area (Å²) in [7, 11) is 3.10. The Labute approximate surface area is 166 Å². The normalized spacial score (nSPS) is 12.4. The fourth-order valence-corrected chi connectivity index (χ4v) is 2.36. The number of hydrogen-bond donors (Lipinski definition) is 1. The van der Waals surface area contributed by atoms with Gasteiger partial charge in [-0.05, 0) is 32.8 Å². The number of alkyl carbamates (subject to hydrolysis) is 1. The Morgan fingerprint density at radius 3 is 2.39 bits per heavy atom. The topological polar surface area (TPSA) is 96.0 Å². The number of Topliss-reactive ketones (excluding diaryl/α,β-unsaturated/α-hetero) is 1. The lowest BCUT2D eigenvalue weighted by Gasteiger charge is -2.25. The molecule has 0 saturated carbocycles. The summed E-state index contributed by atoms with van der Waals surface area (Å²) >= 11 is 0. The van der Waals surface area contributed by atoms with Gasteiger partial charge in [-0.3, -0.25) is 4.79 Å². The number of pyridine rings is 1.